The number of aromatic nitrogens is 5. The van der Waals surface area contributed by atoms with Crippen LogP contribution in [0.15, 0.2) is 52.1 Å². The van der Waals surface area contributed by atoms with Crippen LogP contribution in [0.2, 0.25) is 5.02 Å². The van der Waals surface area contributed by atoms with Gasteiger partial charge in [-0.15, -0.1) is 0 Å². The van der Waals surface area contributed by atoms with Gasteiger partial charge in [-0.2, -0.15) is 14.3 Å². The summed E-state index contributed by atoms with van der Waals surface area (Å²) in [5.74, 6) is -0.333. The van der Waals surface area contributed by atoms with E-state index in [2.05, 4.69) is 19.7 Å². The Morgan fingerprint density at radius 3 is 2.56 bits per heavy atom. The number of halogens is 2. The van der Waals surface area contributed by atoms with Crippen LogP contribution in [0.1, 0.15) is 24.7 Å². The lowest BCUT2D eigenvalue weighted by Crippen LogP contribution is -2.44. The summed E-state index contributed by atoms with van der Waals surface area (Å²) in [6, 6.07) is 10.9. The van der Waals surface area contributed by atoms with E-state index >= 15 is 0 Å². The third-order valence-electron chi connectivity index (χ3n) is 5.16. The summed E-state index contributed by atoms with van der Waals surface area (Å²) in [6.07, 6.45) is -0.536. The van der Waals surface area contributed by atoms with E-state index < -0.39 is 23.3 Å². The lowest BCUT2D eigenvalue weighted by atomic mass is 10.2. The van der Waals surface area contributed by atoms with Gasteiger partial charge in [-0.3, -0.25) is 4.57 Å². The van der Waals surface area contributed by atoms with Gasteiger partial charge in [-0.05, 0) is 43.2 Å². The van der Waals surface area contributed by atoms with Crippen LogP contribution in [0, 0.1) is 12.7 Å². The molecule has 2 aromatic heterocycles. The molecule has 0 fully saturated rings. The molecule has 4 aromatic rings. The molecule has 36 heavy (non-hydrogen) atoms. The molecule has 0 amide bonds. The predicted octanol–water partition coefficient (Wildman–Crippen LogP) is 3.71. The minimum absolute atomic E-state index is 0.0495. The highest BCUT2D eigenvalue weighted by Gasteiger charge is 2.17. The fourth-order valence-electron chi connectivity index (χ4n) is 3.24. The molecular formula is C23H22ClFN6O4S. The fourth-order valence-corrected chi connectivity index (χ4v) is 3.92. The smallest absolute Gasteiger partial charge is 0.355 e. The number of rotatable bonds is 9. The second-order valence-corrected chi connectivity index (χ2v) is 9.02. The summed E-state index contributed by atoms with van der Waals surface area (Å²) in [4.78, 5) is 33.9. The Morgan fingerprint density at radius 1 is 1.17 bits per heavy atom. The van der Waals surface area contributed by atoms with Crippen LogP contribution < -0.4 is 21.4 Å². The molecule has 13 heteroatoms. The van der Waals surface area contributed by atoms with Gasteiger partial charge in [0, 0.05) is 28.3 Å². The van der Waals surface area contributed by atoms with Crippen molar-refractivity contribution in [2.45, 2.75) is 39.5 Å². The van der Waals surface area contributed by atoms with Crippen molar-refractivity contribution in [3.05, 3.63) is 85.7 Å². The summed E-state index contributed by atoms with van der Waals surface area (Å²) < 4.78 is 26.3. The largest absolute Gasteiger partial charge is 0.427 e. The Balaban J connectivity index is 1.68. The van der Waals surface area contributed by atoms with Crippen molar-refractivity contribution in [1.29, 1.82) is 0 Å². The number of benzene rings is 2. The van der Waals surface area contributed by atoms with Crippen molar-refractivity contribution in [3.63, 3.8) is 0 Å². The van der Waals surface area contributed by atoms with E-state index in [-0.39, 0.29) is 35.7 Å². The van der Waals surface area contributed by atoms with Crippen LogP contribution in [-0.2, 0) is 13.1 Å². The monoisotopic (exact) mass is 532 g/mol. The van der Waals surface area contributed by atoms with Gasteiger partial charge >= 0.3 is 11.4 Å². The van der Waals surface area contributed by atoms with Crippen LogP contribution in [0.5, 0.6) is 10.9 Å². The lowest BCUT2D eigenvalue weighted by molar-refractivity contribution is 0.145. The number of nitrogens with zero attached hydrogens (tertiary/aromatic N) is 5. The van der Waals surface area contributed by atoms with Crippen molar-refractivity contribution in [2.75, 3.05) is 5.32 Å². The van der Waals surface area contributed by atoms with E-state index in [1.54, 1.807) is 38.1 Å². The average molecular weight is 533 g/mol. The van der Waals surface area contributed by atoms with Gasteiger partial charge in [0.1, 0.15) is 5.82 Å². The zero-order valence-electron chi connectivity index (χ0n) is 19.3. The summed E-state index contributed by atoms with van der Waals surface area (Å²) in [5, 5.41) is 13.6. The van der Waals surface area contributed by atoms with Crippen LogP contribution in [0.25, 0.3) is 0 Å². The molecule has 0 spiro atoms. The molecule has 10 nitrogen and oxygen atoms in total. The second kappa shape index (κ2) is 11.0. The third-order valence-corrected chi connectivity index (χ3v) is 6.10. The van der Waals surface area contributed by atoms with Crippen LogP contribution in [0.3, 0.4) is 0 Å². The van der Waals surface area contributed by atoms with E-state index in [9.17, 15) is 19.1 Å². The van der Waals surface area contributed by atoms with Gasteiger partial charge in [0.2, 0.25) is 5.95 Å². The average Bonchev–Trinajstić information content (AvgIpc) is 3.26. The molecule has 0 bridgehead atoms. The first kappa shape index (κ1) is 25.5. The molecule has 1 atom stereocenters. The zero-order valence-corrected chi connectivity index (χ0v) is 20.9. The number of anilines is 2. The number of aliphatic hydroxyl groups excluding tert-OH is 1. The maximum absolute atomic E-state index is 14.7. The molecule has 0 aliphatic carbocycles. The topological polar surface area (TPSA) is 124 Å². The first-order chi connectivity index (χ1) is 17.2. The Morgan fingerprint density at radius 2 is 1.92 bits per heavy atom. The van der Waals surface area contributed by atoms with E-state index in [0.717, 1.165) is 27.7 Å². The number of aryl methyl sites for hydroxylation is 1. The number of hydrogen-bond acceptors (Lipinski definition) is 9. The lowest BCUT2D eigenvalue weighted by Gasteiger charge is -2.17. The van der Waals surface area contributed by atoms with Crippen molar-refractivity contribution < 1.29 is 14.2 Å². The molecule has 0 saturated carbocycles. The molecule has 188 valence electrons. The highest BCUT2D eigenvalue weighted by atomic mass is 35.5. The van der Waals surface area contributed by atoms with Crippen LogP contribution >= 0.6 is 23.1 Å². The quantitative estimate of drug-likeness (QED) is 0.334. The van der Waals surface area contributed by atoms with Crippen molar-refractivity contribution in [3.8, 4) is 10.9 Å². The Labute approximate surface area is 213 Å². The molecule has 0 aliphatic heterocycles. The molecular weight excluding hydrogens is 511 g/mol. The Kier molecular flexibility index (Phi) is 7.77. The summed E-state index contributed by atoms with van der Waals surface area (Å²) in [7, 11) is 0. The molecule has 2 heterocycles. The van der Waals surface area contributed by atoms with E-state index in [0.29, 0.717) is 17.3 Å². The number of nitrogens with one attached hydrogen (secondary N) is 1. The predicted molar refractivity (Wildman–Crippen MR) is 134 cm³/mol. The van der Waals surface area contributed by atoms with Gasteiger partial charge in [-0.1, -0.05) is 30.7 Å². The fraction of sp³-hybridized carbons (Fsp3) is 0.261. The highest BCUT2D eigenvalue weighted by molar-refractivity contribution is 7.07. The van der Waals surface area contributed by atoms with Crippen LogP contribution in [0.4, 0.5) is 16.0 Å². The highest BCUT2D eigenvalue weighted by Crippen LogP contribution is 2.28. The molecule has 2 aromatic carbocycles. The van der Waals surface area contributed by atoms with E-state index in [4.69, 9.17) is 16.3 Å². The summed E-state index contributed by atoms with van der Waals surface area (Å²) in [5.41, 5.74) is -0.563. The first-order valence-corrected chi connectivity index (χ1v) is 12.1. The minimum atomic E-state index is -0.890. The van der Waals surface area contributed by atoms with Gasteiger partial charge in [0.25, 0.3) is 5.19 Å². The van der Waals surface area contributed by atoms with E-state index in [1.807, 2.05) is 0 Å². The number of hydrogen-bond donors (Lipinski definition) is 2. The number of aliphatic hydroxyl groups is 1. The van der Waals surface area contributed by atoms with Crippen LogP contribution in [-0.4, -0.2) is 34.7 Å². The first-order valence-electron chi connectivity index (χ1n) is 10.9. The molecule has 2 N–H and O–H groups in total. The summed E-state index contributed by atoms with van der Waals surface area (Å²) in [6.45, 7) is 3.28. The minimum Gasteiger partial charge on any atom is -0.427 e. The molecule has 0 radical (unpaired) electrons. The molecule has 4 rings (SSSR count). The molecule has 0 saturated heterocycles. The van der Waals surface area contributed by atoms with Gasteiger partial charge in [0.15, 0.2) is 11.6 Å². The van der Waals surface area contributed by atoms with Crippen molar-refractivity contribution in [1.82, 2.24) is 23.5 Å². The van der Waals surface area contributed by atoms with Crippen molar-refractivity contribution in [2.24, 2.45) is 0 Å². The Hall–Kier alpha value is -3.61. The van der Waals surface area contributed by atoms with Crippen molar-refractivity contribution >= 4 is 34.8 Å². The SMILES string of the molecule is CC[C@@H](O)Cn1c(=O)nc(Nc2ccc(Oc3nc(C)ns3)c(F)c2)n(Cc2ccc(Cl)cc2)c1=O. The zero-order chi connectivity index (χ0) is 25.8. The summed E-state index contributed by atoms with van der Waals surface area (Å²) >= 11 is 6.96. The van der Waals surface area contributed by atoms with Gasteiger partial charge in [0.05, 0.1) is 19.2 Å². The second-order valence-electron chi connectivity index (χ2n) is 7.87. The van der Waals surface area contributed by atoms with Gasteiger partial charge < -0.3 is 15.2 Å². The molecule has 0 unspecified atom stereocenters. The standard InChI is InChI=1S/C23H22ClFN6O4S/c1-3-17(32)12-31-21(33)28-20(30(23(31)34)11-14-4-6-15(24)7-5-14)27-16-8-9-19(18(25)10-16)35-22-26-13(2)29-36-22/h4-10,17,32H,3,11-12H2,1-2H3,(H,27,28,33)/t17-/m1/s1. The Bertz CT molecular complexity index is 1490. The maximum Gasteiger partial charge on any atom is 0.355 e. The van der Waals surface area contributed by atoms with E-state index in [1.165, 1.54) is 16.7 Å². The number of ether oxygens (including phenoxy) is 1. The molecule has 0 aliphatic rings. The van der Waals surface area contributed by atoms with Gasteiger partial charge in [-0.25, -0.2) is 18.5 Å². The normalized spacial score (nSPS) is 11.9. The maximum atomic E-state index is 14.7. The third kappa shape index (κ3) is 5.96.